The van der Waals surface area contributed by atoms with E-state index < -0.39 is 25.1 Å². The van der Waals surface area contributed by atoms with Crippen LogP contribution in [0.4, 0.5) is 14.5 Å². The summed E-state index contributed by atoms with van der Waals surface area (Å²) in [5.74, 6) is -1.72. The normalized spacial score (nSPS) is 10.0. The second-order valence-electron chi connectivity index (χ2n) is 4.69. The van der Waals surface area contributed by atoms with Gasteiger partial charge in [-0.3, -0.25) is 4.79 Å². The summed E-state index contributed by atoms with van der Waals surface area (Å²) in [4.78, 5) is 23.7. The van der Waals surface area contributed by atoms with Crippen molar-refractivity contribution in [2.75, 3.05) is 11.9 Å². The van der Waals surface area contributed by atoms with Gasteiger partial charge in [-0.05, 0) is 30.3 Å². The molecule has 128 valence electrons. The predicted molar refractivity (Wildman–Crippen MR) is 83.1 cm³/mol. The number of nitrogens with zero attached hydrogens (tertiary/aromatic N) is 1. The Hall–Kier alpha value is -3.47. The first-order valence-corrected chi connectivity index (χ1v) is 7.00. The van der Waals surface area contributed by atoms with Crippen molar-refractivity contribution >= 4 is 17.6 Å². The Balaban J connectivity index is 1.95. The van der Waals surface area contributed by atoms with Crippen molar-refractivity contribution < 1.29 is 27.8 Å². The number of esters is 1. The molecule has 0 radical (unpaired) electrons. The van der Waals surface area contributed by atoms with Gasteiger partial charge in [0.1, 0.15) is 5.75 Å². The molecule has 0 spiro atoms. The second kappa shape index (κ2) is 8.40. The van der Waals surface area contributed by atoms with Crippen molar-refractivity contribution in [1.29, 1.82) is 5.26 Å². The zero-order valence-electron chi connectivity index (χ0n) is 12.7. The highest BCUT2D eigenvalue weighted by atomic mass is 19.3. The number of ether oxygens (including phenoxy) is 2. The van der Waals surface area contributed by atoms with Crippen LogP contribution in [-0.4, -0.2) is 25.1 Å². The zero-order valence-corrected chi connectivity index (χ0v) is 12.7. The number of carbonyl (C=O) groups is 2. The highest BCUT2D eigenvalue weighted by Gasteiger charge is 2.14. The first-order valence-electron chi connectivity index (χ1n) is 7.00. The lowest BCUT2D eigenvalue weighted by Crippen LogP contribution is -2.21. The fraction of sp³-hybridized carbons (Fsp3) is 0.118. The third kappa shape index (κ3) is 5.28. The highest BCUT2D eigenvalue weighted by Crippen LogP contribution is 2.25. The SMILES string of the molecule is N#Cc1cccc(C(=O)OCC(=O)Nc2ccccc2OC(F)F)c1. The van der Waals surface area contributed by atoms with Crippen molar-refractivity contribution in [3.8, 4) is 11.8 Å². The number of anilines is 1. The molecule has 0 unspecified atom stereocenters. The van der Waals surface area contributed by atoms with Gasteiger partial charge in [-0.2, -0.15) is 14.0 Å². The van der Waals surface area contributed by atoms with Gasteiger partial charge in [0.2, 0.25) is 0 Å². The Morgan fingerprint density at radius 1 is 1.16 bits per heavy atom. The molecule has 1 amide bonds. The molecule has 8 heteroatoms. The fourth-order valence-corrected chi connectivity index (χ4v) is 1.89. The van der Waals surface area contributed by atoms with Crippen LogP contribution in [0, 0.1) is 11.3 Å². The number of nitriles is 1. The third-order valence-electron chi connectivity index (χ3n) is 2.94. The minimum atomic E-state index is -3.04. The lowest BCUT2D eigenvalue weighted by Gasteiger charge is -2.11. The van der Waals surface area contributed by atoms with E-state index in [0.29, 0.717) is 0 Å². The number of hydrogen-bond acceptors (Lipinski definition) is 5. The summed E-state index contributed by atoms with van der Waals surface area (Å²) in [5, 5.41) is 11.1. The van der Waals surface area contributed by atoms with Crippen LogP contribution in [0.3, 0.4) is 0 Å². The van der Waals surface area contributed by atoms with E-state index in [0.717, 1.165) is 0 Å². The molecule has 0 bridgehead atoms. The smallest absolute Gasteiger partial charge is 0.387 e. The second-order valence-corrected chi connectivity index (χ2v) is 4.69. The van der Waals surface area contributed by atoms with Crippen molar-refractivity contribution in [3.63, 3.8) is 0 Å². The molecule has 6 nitrogen and oxygen atoms in total. The Morgan fingerprint density at radius 2 is 1.92 bits per heavy atom. The van der Waals surface area contributed by atoms with Crippen LogP contribution in [-0.2, 0) is 9.53 Å². The van der Waals surface area contributed by atoms with Gasteiger partial charge >= 0.3 is 12.6 Å². The van der Waals surface area contributed by atoms with E-state index in [9.17, 15) is 18.4 Å². The summed E-state index contributed by atoms with van der Waals surface area (Å²) < 4.78 is 33.7. The standard InChI is InChI=1S/C17H12F2N2O4/c18-17(19)25-14-7-2-1-6-13(14)21-15(22)10-24-16(23)12-5-3-4-11(8-12)9-20/h1-8,17H,10H2,(H,21,22). The summed E-state index contributed by atoms with van der Waals surface area (Å²) >= 11 is 0. The molecule has 0 atom stereocenters. The molecule has 0 aliphatic heterocycles. The molecular formula is C17H12F2N2O4. The monoisotopic (exact) mass is 346 g/mol. The van der Waals surface area contributed by atoms with Gasteiger partial charge in [0.15, 0.2) is 6.61 Å². The molecule has 0 aromatic heterocycles. The first-order chi connectivity index (χ1) is 12.0. The molecule has 0 heterocycles. The average molecular weight is 346 g/mol. The summed E-state index contributed by atoms with van der Waals surface area (Å²) in [6.07, 6.45) is 0. The van der Waals surface area contributed by atoms with Crippen LogP contribution in [0.25, 0.3) is 0 Å². The van der Waals surface area contributed by atoms with Crippen LogP contribution in [0.15, 0.2) is 48.5 Å². The number of benzene rings is 2. The number of carbonyl (C=O) groups excluding carboxylic acids is 2. The van der Waals surface area contributed by atoms with Crippen molar-refractivity contribution in [3.05, 3.63) is 59.7 Å². The van der Waals surface area contributed by atoms with E-state index in [4.69, 9.17) is 10.00 Å². The van der Waals surface area contributed by atoms with E-state index in [-0.39, 0.29) is 22.6 Å². The number of nitrogens with one attached hydrogen (secondary N) is 1. The van der Waals surface area contributed by atoms with Crippen molar-refractivity contribution in [1.82, 2.24) is 0 Å². The largest absolute Gasteiger partial charge is 0.452 e. The topological polar surface area (TPSA) is 88.4 Å². The average Bonchev–Trinajstić information content (AvgIpc) is 2.61. The quantitative estimate of drug-likeness (QED) is 0.813. The minimum absolute atomic E-state index is 0.0235. The van der Waals surface area contributed by atoms with Gasteiger partial charge in [-0.15, -0.1) is 0 Å². The zero-order chi connectivity index (χ0) is 18.2. The molecule has 0 fully saturated rings. The summed E-state index contributed by atoms with van der Waals surface area (Å²) in [7, 11) is 0. The maximum atomic E-state index is 12.3. The number of hydrogen-bond donors (Lipinski definition) is 1. The predicted octanol–water partition coefficient (Wildman–Crippen LogP) is 2.96. The molecule has 0 saturated carbocycles. The van der Waals surface area contributed by atoms with E-state index in [1.807, 2.05) is 6.07 Å². The van der Waals surface area contributed by atoms with E-state index in [1.165, 1.54) is 48.5 Å². The van der Waals surface area contributed by atoms with Gasteiger partial charge in [-0.1, -0.05) is 18.2 Å². The Kier molecular flexibility index (Phi) is 6.01. The molecule has 2 aromatic carbocycles. The van der Waals surface area contributed by atoms with Crippen molar-refractivity contribution in [2.45, 2.75) is 6.61 Å². The maximum Gasteiger partial charge on any atom is 0.387 e. The molecular weight excluding hydrogens is 334 g/mol. The van der Waals surface area contributed by atoms with Crippen LogP contribution in [0.1, 0.15) is 15.9 Å². The number of halogens is 2. The number of para-hydroxylation sites is 2. The fourth-order valence-electron chi connectivity index (χ4n) is 1.89. The van der Waals surface area contributed by atoms with E-state index >= 15 is 0 Å². The third-order valence-corrected chi connectivity index (χ3v) is 2.94. The highest BCUT2D eigenvalue weighted by molar-refractivity contribution is 5.96. The molecule has 2 rings (SSSR count). The molecule has 25 heavy (non-hydrogen) atoms. The number of amides is 1. The van der Waals surface area contributed by atoms with Gasteiger partial charge in [0.25, 0.3) is 5.91 Å². The van der Waals surface area contributed by atoms with Crippen molar-refractivity contribution in [2.24, 2.45) is 0 Å². The van der Waals surface area contributed by atoms with Crippen LogP contribution >= 0.6 is 0 Å². The van der Waals surface area contributed by atoms with E-state index in [1.54, 1.807) is 0 Å². The van der Waals surface area contributed by atoms with Crippen LogP contribution < -0.4 is 10.1 Å². The Morgan fingerprint density at radius 3 is 2.64 bits per heavy atom. The Bertz CT molecular complexity index is 818. The molecule has 0 aliphatic carbocycles. The lowest BCUT2D eigenvalue weighted by molar-refractivity contribution is -0.119. The Labute approximate surface area is 141 Å². The summed E-state index contributed by atoms with van der Waals surface area (Å²) in [5.41, 5.74) is 0.417. The van der Waals surface area contributed by atoms with Gasteiger partial charge < -0.3 is 14.8 Å². The molecule has 0 aliphatic rings. The van der Waals surface area contributed by atoms with Gasteiger partial charge in [0, 0.05) is 0 Å². The van der Waals surface area contributed by atoms with Crippen LogP contribution in [0.2, 0.25) is 0 Å². The van der Waals surface area contributed by atoms with Gasteiger partial charge in [0.05, 0.1) is 22.9 Å². The molecule has 2 aromatic rings. The van der Waals surface area contributed by atoms with E-state index in [2.05, 4.69) is 10.1 Å². The van der Waals surface area contributed by atoms with Crippen LogP contribution in [0.5, 0.6) is 5.75 Å². The number of rotatable bonds is 6. The summed E-state index contributed by atoms with van der Waals surface area (Å²) in [6, 6.07) is 13.3. The maximum absolute atomic E-state index is 12.3. The molecule has 0 saturated heterocycles. The molecule has 1 N–H and O–H groups in total. The summed E-state index contributed by atoms with van der Waals surface area (Å²) in [6.45, 7) is -3.66. The number of alkyl halides is 2. The minimum Gasteiger partial charge on any atom is -0.452 e. The first kappa shape index (κ1) is 17.9. The van der Waals surface area contributed by atoms with Gasteiger partial charge in [-0.25, -0.2) is 4.79 Å². The lowest BCUT2D eigenvalue weighted by atomic mass is 10.1.